The fourth-order valence-electron chi connectivity index (χ4n) is 2.76. The van der Waals surface area contributed by atoms with E-state index in [0.29, 0.717) is 12.3 Å². The van der Waals surface area contributed by atoms with E-state index in [9.17, 15) is 9.18 Å². The highest BCUT2D eigenvalue weighted by atomic mass is 19.1. The Morgan fingerprint density at radius 1 is 1.07 bits per heavy atom. The van der Waals surface area contributed by atoms with Crippen molar-refractivity contribution in [2.75, 3.05) is 6.61 Å². The molecular formula is C22H21FN2O2. The van der Waals surface area contributed by atoms with E-state index in [4.69, 9.17) is 4.74 Å². The number of hydrogen-bond acceptors (Lipinski definition) is 3. The molecule has 0 saturated heterocycles. The van der Waals surface area contributed by atoms with E-state index in [0.717, 1.165) is 22.6 Å². The molecule has 3 rings (SSSR count). The number of rotatable bonds is 7. The van der Waals surface area contributed by atoms with Crippen molar-refractivity contribution in [1.29, 1.82) is 0 Å². The normalized spacial score (nSPS) is 10.4. The summed E-state index contributed by atoms with van der Waals surface area (Å²) in [5.74, 6) is 0.284. The van der Waals surface area contributed by atoms with Crippen LogP contribution in [0.4, 0.5) is 4.39 Å². The largest absolute Gasteiger partial charge is 0.493 e. The van der Waals surface area contributed by atoms with E-state index in [1.807, 2.05) is 49.4 Å². The van der Waals surface area contributed by atoms with Crippen molar-refractivity contribution in [3.8, 4) is 17.0 Å². The van der Waals surface area contributed by atoms with Gasteiger partial charge in [0.25, 0.3) is 0 Å². The number of carbonyl (C=O) groups is 1. The molecule has 138 valence electrons. The topological polar surface area (TPSA) is 51.2 Å². The van der Waals surface area contributed by atoms with Crippen molar-refractivity contribution in [3.63, 3.8) is 0 Å². The van der Waals surface area contributed by atoms with Gasteiger partial charge in [0, 0.05) is 12.1 Å². The standard InChI is InChI=1S/C22H21FN2O2/c1-2-27-21-12-4-3-10-19(21)20-11-6-9-18(25-20)14-22(26)24-15-16-7-5-8-17(23)13-16/h3-13H,2,14-15H2,1H3,(H,24,26). The maximum atomic E-state index is 13.2. The summed E-state index contributed by atoms with van der Waals surface area (Å²) in [4.78, 5) is 16.8. The molecule has 0 radical (unpaired) electrons. The molecule has 1 N–H and O–H groups in total. The van der Waals surface area contributed by atoms with E-state index in [1.165, 1.54) is 12.1 Å². The summed E-state index contributed by atoms with van der Waals surface area (Å²) in [5.41, 5.74) is 3.03. The first-order valence-electron chi connectivity index (χ1n) is 8.85. The van der Waals surface area contributed by atoms with Crippen LogP contribution in [0.25, 0.3) is 11.3 Å². The molecule has 0 saturated carbocycles. The minimum Gasteiger partial charge on any atom is -0.493 e. The Hall–Kier alpha value is -3.21. The molecule has 0 spiro atoms. The number of ether oxygens (including phenoxy) is 1. The Bertz CT molecular complexity index is 927. The van der Waals surface area contributed by atoms with Gasteiger partial charge in [-0.05, 0) is 48.9 Å². The van der Waals surface area contributed by atoms with Gasteiger partial charge in [0.05, 0.1) is 24.4 Å². The van der Waals surface area contributed by atoms with Crippen LogP contribution in [0.15, 0.2) is 66.7 Å². The zero-order valence-corrected chi connectivity index (χ0v) is 15.1. The van der Waals surface area contributed by atoms with E-state index >= 15 is 0 Å². The van der Waals surface area contributed by atoms with Gasteiger partial charge in [0.1, 0.15) is 11.6 Å². The van der Waals surface area contributed by atoms with Crippen molar-refractivity contribution in [1.82, 2.24) is 10.3 Å². The predicted molar refractivity (Wildman–Crippen MR) is 103 cm³/mol. The molecule has 0 aliphatic carbocycles. The number of amides is 1. The van der Waals surface area contributed by atoms with Gasteiger partial charge >= 0.3 is 0 Å². The molecule has 2 aromatic carbocycles. The quantitative estimate of drug-likeness (QED) is 0.685. The molecule has 1 heterocycles. The van der Waals surface area contributed by atoms with E-state index in [1.54, 1.807) is 12.1 Å². The molecule has 0 atom stereocenters. The second-order valence-electron chi connectivity index (χ2n) is 6.03. The van der Waals surface area contributed by atoms with Crippen LogP contribution < -0.4 is 10.1 Å². The second kappa shape index (κ2) is 8.94. The highest BCUT2D eigenvalue weighted by Crippen LogP contribution is 2.28. The Morgan fingerprint density at radius 3 is 2.70 bits per heavy atom. The summed E-state index contributed by atoms with van der Waals surface area (Å²) in [7, 11) is 0. The number of hydrogen-bond donors (Lipinski definition) is 1. The van der Waals surface area contributed by atoms with Crippen molar-refractivity contribution >= 4 is 5.91 Å². The van der Waals surface area contributed by atoms with Gasteiger partial charge in [-0.25, -0.2) is 4.39 Å². The number of halogens is 1. The number of pyridine rings is 1. The summed E-state index contributed by atoms with van der Waals surface area (Å²) >= 11 is 0. The molecule has 27 heavy (non-hydrogen) atoms. The molecule has 0 aliphatic heterocycles. The van der Waals surface area contributed by atoms with E-state index in [2.05, 4.69) is 10.3 Å². The maximum Gasteiger partial charge on any atom is 0.226 e. The Balaban J connectivity index is 1.68. The predicted octanol–water partition coefficient (Wildman–Crippen LogP) is 4.15. The van der Waals surface area contributed by atoms with Gasteiger partial charge in [0.2, 0.25) is 5.91 Å². The zero-order valence-electron chi connectivity index (χ0n) is 15.1. The second-order valence-corrected chi connectivity index (χ2v) is 6.03. The lowest BCUT2D eigenvalue weighted by Gasteiger charge is -2.10. The van der Waals surface area contributed by atoms with Gasteiger partial charge in [-0.2, -0.15) is 0 Å². The maximum absolute atomic E-state index is 13.2. The average molecular weight is 364 g/mol. The fraction of sp³-hybridized carbons (Fsp3) is 0.182. The van der Waals surface area contributed by atoms with Crippen LogP contribution in [-0.4, -0.2) is 17.5 Å². The number of benzene rings is 2. The SMILES string of the molecule is CCOc1ccccc1-c1cccc(CC(=O)NCc2cccc(F)c2)n1. The van der Waals surface area contributed by atoms with Crippen molar-refractivity contribution in [2.24, 2.45) is 0 Å². The lowest BCUT2D eigenvalue weighted by Crippen LogP contribution is -2.25. The summed E-state index contributed by atoms with van der Waals surface area (Å²) in [5, 5.41) is 2.80. The third-order valence-electron chi connectivity index (χ3n) is 3.99. The van der Waals surface area contributed by atoms with Crippen LogP contribution in [0.2, 0.25) is 0 Å². The van der Waals surface area contributed by atoms with Gasteiger partial charge in [-0.1, -0.05) is 30.3 Å². The van der Waals surface area contributed by atoms with Gasteiger partial charge in [-0.15, -0.1) is 0 Å². The molecule has 0 fully saturated rings. The van der Waals surface area contributed by atoms with Crippen LogP contribution in [0.1, 0.15) is 18.2 Å². The molecular weight excluding hydrogens is 343 g/mol. The Kier molecular flexibility index (Phi) is 6.15. The summed E-state index contributed by atoms with van der Waals surface area (Å²) in [6.07, 6.45) is 0.153. The summed E-state index contributed by atoms with van der Waals surface area (Å²) in [6.45, 7) is 2.78. The number of nitrogens with one attached hydrogen (secondary N) is 1. The lowest BCUT2D eigenvalue weighted by molar-refractivity contribution is -0.120. The molecule has 0 unspecified atom stereocenters. The van der Waals surface area contributed by atoms with Crippen LogP contribution in [0.3, 0.4) is 0 Å². The van der Waals surface area contributed by atoms with Crippen molar-refractivity contribution in [3.05, 3.63) is 83.8 Å². The third-order valence-corrected chi connectivity index (χ3v) is 3.99. The van der Waals surface area contributed by atoms with Crippen molar-refractivity contribution in [2.45, 2.75) is 19.9 Å². The summed E-state index contributed by atoms with van der Waals surface area (Å²) in [6, 6.07) is 19.5. The fourth-order valence-corrected chi connectivity index (χ4v) is 2.76. The Labute approximate surface area is 158 Å². The van der Waals surface area contributed by atoms with E-state index in [-0.39, 0.29) is 24.7 Å². The first kappa shape index (κ1) is 18.6. The molecule has 4 nitrogen and oxygen atoms in total. The minimum absolute atomic E-state index is 0.153. The van der Waals surface area contributed by atoms with Crippen molar-refractivity contribution < 1.29 is 13.9 Å². The molecule has 1 amide bonds. The number of aromatic nitrogens is 1. The van der Waals surface area contributed by atoms with Gasteiger partial charge < -0.3 is 10.1 Å². The number of nitrogens with zero attached hydrogens (tertiary/aromatic N) is 1. The molecule has 0 aliphatic rings. The summed E-state index contributed by atoms with van der Waals surface area (Å²) < 4.78 is 18.9. The molecule has 5 heteroatoms. The monoisotopic (exact) mass is 364 g/mol. The zero-order chi connectivity index (χ0) is 19.1. The lowest BCUT2D eigenvalue weighted by atomic mass is 10.1. The smallest absolute Gasteiger partial charge is 0.226 e. The first-order valence-corrected chi connectivity index (χ1v) is 8.85. The van der Waals surface area contributed by atoms with Gasteiger partial charge in [0.15, 0.2) is 0 Å². The van der Waals surface area contributed by atoms with Crippen LogP contribution >= 0.6 is 0 Å². The average Bonchev–Trinajstić information content (AvgIpc) is 2.67. The van der Waals surface area contributed by atoms with Crippen LogP contribution in [-0.2, 0) is 17.8 Å². The molecule has 1 aromatic heterocycles. The van der Waals surface area contributed by atoms with E-state index < -0.39 is 0 Å². The van der Waals surface area contributed by atoms with Gasteiger partial charge in [-0.3, -0.25) is 9.78 Å². The number of para-hydroxylation sites is 1. The highest BCUT2D eigenvalue weighted by Gasteiger charge is 2.10. The number of carbonyl (C=O) groups excluding carboxylic acids is 1. The third kappa shape index (κ3) is 5.14. The Morgan fingerprint density at radius 2 is 1.89 bits per heavy atom. The minimum atomic E-state index is -0.316. The first-order chi connectivity index (χ1) is 13.2. The van der Waals surface area contributed by atoms with Crippen LogP contribution in [0.5, 0.6) is 5.75 Å². The highest BCUT2D eigenvalue weighted by molar-refractivity contribution is 5.78. The molecule has 0 bridgehead atoms. The molecule has 3 aromatic rings. The van der Waals surface area contributed by atoms with Crippen LogP contribution in [0, 0.1) is 5.82 Å².